The van der Waals surface area contributed by atoms with Crippen LogP contribution in [0, 0.1) is 23.2 Å². The van der Waals surface area contributed by atoms with Crippen LogP contribution in [0.5, 0.6) is 0 Å². The maximum Gasteiger partial charge on any atom is 0.409 e. The molecule has 0 bridgehead atoms. The molecule has 2 heterocycles. The van der Waals surface area contributed by atoms with Gasteiger partial charge >= 0.3 is 6.09 Å². The van der Waals surface area contributed by atoms with E-state index in [1.54, 1.807) is 0 Å². The minimum atomic E-state index is -0.271. The number of ether oxygens (including phenoxy) is 1. The number of likely N-dealkylation sites (tertiary alicyclic amines) is 1. The molecular formula is C27H34N4O4. The third-order valence-electron chi connectivity index (χ3n) is 7.50. The smallest absolute Gasteiger partial charge is 0.409 e. The second-order valence-corrected chi connectivity index (χ2v) is 9.93. The molecule has 186 valence electrons. The quantitative estimate of drug-likeness (QED) is 0.504. The van der Waals surface area contributed by atoms with E-state index in [-0.39, 0.29) is 24.3 Å². The molecule has 1 aromatic carbocycles. The van der Waals surface area contributed by atoms with Gasteiger partial charge in [-0.05, 0) is 62.6 Å². The van der Waals surface area contributed by atoms with Crippen molar-refractivity contribution in [2.45, 2.75) is 58.3 Å². The van der Waals surface area contributed by atoms with Gasteiger partial charge in [-0.1, -0.05) is 18.8 Å². The number of rotatable bonds is 6. The van der Waals surface area contributed by atoms with Gasteiger partial charge in [-0.25, -0.2) is 4.79 Å². The van der Waals surface area contributed by atoms with Crippen molar-refractivity contribution in [2.75, 3.05) is 19.7 Å². The Balaban J connectivity index is 1.35. The average Bonchev–Trinajstić information content (AvgIpc) is 3.16. The van der Waals surface area contributed by atoms with Crippen molar-refractivity contribution >= 4 is 29.3 Å². The highest BCUT2D eigenvalue weighted by atomic mass is 16.6. The van der Waals surface area contributed by atoms with Gasteiger partial charge < -0.3 is 9.64 Å². The summed E-state index contributed by atoms with van der Waals surface area (Å²) in [5, 5.41) is 7.95. The molecule has 4 rings (SSSR count). The molecule has 1 spiro atoms. The number of aryl methyl sites for hydroxylation is 1. The van der Waals surface area contributed by atoms with Crippen LogP contribution in [0.15, 0.2) is 18.2 Å². The molecule has 2 aromatic rings. The minimum absolute atomic E-state index is 0.0921. The summed E-state index contributed by atoms with van der Waals surface area (Å²) < 4.78 is 6.99. The van der Waals surface area contributed by atoms with Crippen LogP contribution in [0.25, 0.3) is 10.9 Å². The van der Waals surface area contributed by atoms with Gasteiger partial charge in [0.25, 0.3) is 0 Å². The SMILES string of the molecule is CCOC(=O)N1CCC2(CC1)CC(C#Cc1ccc3c(C(C)CCC(=O)NC=O)nn(C)c3c1)C2. The largest absolute Gasteiger partial charge is 0.450 e. The first-order valence-corrected chi connectivity index (χ1v) is 12.5. The molecule has 35 heavy (non-hydrogen) atoms. The number of imide groups is 1. The number of piperidine rings is 1. The van der Waals surface area contributed by atoms with Gasteiger partial charge in [0.05, 0.1) is 17.8 Å². The molecule has 1 aliphatic carbocycles. The molecule has 8 nitrogen and oxygen atoms in total. The fraction of sp³-hybridized carbons (Fsp3) is 0.556. The van der Waals surface area contributed by atoms with Gasteiger partial charge in [0.15, 0.2) is 0 Å². The summed E-state index contributed by atoms with van der Waals surface area (Å²) in [6, 6.07) is 6.19. The molecule has 1 saturated carbocycles. The predicted molar refractivity (Wildman–Crippen MR) is 132 cm³/mol. The third kappa shape index (κ3) is 5.50. The highest BCUT2D eigenvalue weighted by Gasteiger charge is 2.45. The number of carbonyl (C=O) groups is 3. The van der Waals surface area contributed by atoms with E-state index in [1.807, 2.05) is 36.5 Å². The zero-order valence-corrected chi connectivity index (χ0v) is 20.8. The van der Waals surface area contributed by atoms with Gasteiger partial charge in [0, 0.05) is 49.3 Å². The summed E-state index contributed by atoms with van der Waals surface area (Å²) in [7, 11) is 1.92. The van der Waals surface area contributed by atoms with Crippen molar-refractivity contribution in [1.82, 2.24) is 20.0 Å². The second-order valence-electron chi connectivity index (χ2n) is 9.93. The molecule has 1 saturated heterocycles. The van der Waals surface area contributed by atoms with Crippen LogP contribution < -0.4 is 5.32 Å². The Bertz CT molecular complexity index is 1160. The Labute approximate surface area is 206 Å². The summed E-state index contributed by atoms with van der Waals surface area (Å²) in [4.78, 5) is 35.8. The highest BCUT2D eigenvalue weighted by Crippen LogP contribution is 2.52. The summed E-state index contributed by atoms with van der Waals surface area (Å²) in [6.45, 7) is 5.86. The third-order valence-corrected chi connectivity index (χ3v) is 7.50. The van der Waals surface area contributed by atoms with Crippen molar-refractivity contribution in [2.24, 2.45) is 18.4 Å². The van der Waals surface area contributed by atoms with Crippen molar-refractivity contribution < 1.29 is 19.1 Å². The van der Waals surface area contributed by atoms with E-state index in [2.05, 4.69) is 29.3 Å². The van der Waals surface area contributed by atoms with E-state index in [1.165, 1.54) is 0 Å². The Morgan fingerprint density at radius 1 is 1.31 bits per heavy atom. The van der Waals surface area contributed by atoms with Crippen molar-refractivity contribution in [3.8, 4) is 11.8 Å². The van der Waals surface area contributed by atoms with Gasteiger partial charge in [-0.2, -0.15) is 5.10 Å². The number of benzene rings is 1. The zero-order valence-electron chi connectivity index (χ0n) is 20.8. The monoisotopic (exact) mass is 478 g/mol. The summed E-state index contributed by atoms with van der Waals surface area (Å²) >= 11 is 0. The minimum Gasteiger partial charge on any atom is -0.450 e. The number of nitrogens with one attached hydrogen (secondary N) is 1. The van der Waals surface area contributed by atoms with E-state index in [9.17, 15) is 14.4 Å². The Kier molecular flexibility index (Phi) is 7.44. The lowest BCUT2D eigenvalue weighted by atomic mass is 9.58. The first-order valence-electron chi connectivity index (χ1n) is 12.5. The highest BCUT2D eigenvalue weighted by molar-refractivity contribution is 5.86. The maximum absolute atomic E-state index is 11.9. The van der Waals surface area contributed by atoms with Crippen molar-refractivity contribution in [3.63, 3.8) is 0 Å². The molecular weight excluding hydrogens is 444 g/mol. The number of aromatic nitrogens is 2. The van der Waals surface area contributed by atoms with E-state index in [0.717, 1.165) is 60.9 Å². The lowest BCUT2D eigenvalue weighted by Crippen LogP contribution is -2.48. The molecule has 2 fully saturated rings. The first kappa shape index (κ1) is 24.8. The van der Waals surface area contributed by atoms with Crippen LogP contribution in [0.1, 0.15) is 69.5 Å². The number of nitrogens with zero attached hydrogens (tertiary/aromatic N) is 3. The molecule has 1 aliphatic heterocycles. The van der Waals surface area contributed by atoms with Gasteiger partial charge in [-0.3, -0.25) is 19.6 Å². The second kappa shape index (κ2) is 10.5. The van der Waals surface area contributed by atoms with Gasteiger partial charge in [0.2, 0.25) is 12.3 Å². The van der Waals surface area contributed by atoms with Crippen LogP contribution in [-0.2, 0) is 21.4 Å². The molecule has 2 aliphatic rings. The fourth-order valence-corrected chi connectivity index (χ4v) is 5.41. The number of hydrogen-bond donors (Lipinski definition) is 1. The summed E-state index contributed by atoms with van der Waals surface area (Å²) in [6.07, 6.45) is 5.40. The van der Waals surface area contributed by atoms with E-state index in [4.69, 9.17) is 9.84 Å². The molecule has 3 amide bonds. The van der Waals surface area contributed by atoms with E-state index < -0.39 is 0 Å². The van der Waals surface area contributed by atoms with Crippen LogP contribution in [0.4, 0.5) is 4.79 Å². The van der Waals surface area contributed by atoms with Crippen LogP contribution >= 0.6 is 0 Å². The van der Waals surface area contributed by atoms with Crippen LogP contribution in [-0.4, -0.2) is 52.8 Å². The molecule has 1 N–H and O–H groups in total. The Hall–Kier alpha value is -3.34. The van der Waals surface area contributed by atoms with Gasteiger partial charge in [0.1, 0.15) is 0 Å². The number of fused-ring (bicyclic) bond motifs is 1. The van der Waals surface area contributed by atoms with Crippen LogP contribution in [0.3, 0.4) is 0 Å². The van der Waals surface area contributed by atoms with E-state index in [0.29, 0.717) is 30.8 Å². The molecule has 1 atom stereocenters. The zero-order chi connectivity index (χ0) is 25.0. The van der Waals surface area contributed by atoms with Crippen molar-refractivity contribution in [3.05, 3.63) is 29.5 Å². The standard InChI is InChI=1S/C27H34N4O4/c1-4-35-26(34)31-13-11-27(12-14-31)16-21(17-27)7-6-20-8-9-22-23(15-20)30(3)29-25(22)19(2)5-10-24(33)28-18-32/h8-9,15,18-19,21H,4-5,10-14,16-17H2,1-3H3,(H,28,32,33). The van der Waals surface area contributed by atoms with Crippen LogP contribution in [0.2, 0.25) is 0 Å². The average molecular weight is 479 g/mol. The lowest BCUT2D eigenvalue weighted by molar-refractivity contribution is -0.125. The molecule has 1 unspecified atom stereocenters. The lowest BCUT2D eigenvalue weighted by Gasteiger charge is -2.50. The molecule has 8 heteroatoms. The topological polar surface area (TPSA) is 93.5 Å². The Morgan fingerprint density at radius 2 is 2.06 bits per heavy atom. The van der Waals surface area contributed by atoms with Crippen molar-refractivity contribution in [1.29, 1.82) is 0 Å². The summed E-state index contributed by atoms with van der Waals surface area (Å²) in [5.74, 6) is 7.05. The number of amides is 3. The Morgan fingerprint density at radius 3 is 2.74 bits per heavy atom. The molecule has 1 aromatic heterocycles. The fourth-order valence-electron chi connectivity index (χ4n) is 5.41. The normalized spacial score (nSPS) is 17.9. The van der Waals surface area contributed by atoms with Gasteiger partial charge in [-0.15, -0.1) is 0 Å². The maximum atomic E-state index is 11.9. The van der Waals surface area contributed by atoms with E-state index >= 15 is 0 Å². The predicted octanol–water partition coefficient (Wildman–Crippen LogP) is 3.73. The number of hydrogen-bond acceptors (Lipinski definition) is 5. The molecule has 0 radical (unpaired) electrons. The number of carbonyl (C=O) groups excluding carboxylic acids is 3. The summed E-state index contributed by atoms with van der Waals surface area (Å²) in [5.41, 5.74) is 3.29. The first-order chi connectivity index (χ1) is 16.8.